The number of carbonyl (C=O) groups excluding carboxylic acids is 3. The Kier molecular flexibility index (Phi) is 11.4. The van der Waals surface area contributed by atoms with E-state index in [0.717, 1.165) is 16.7 Å². The van der Waals surface area contributed by atoms with Gasteiger partial charge in [0.05, 0.1) is 13.2 Å². The summed E-state index contributed by atoms with van der Waals surface area (Å²) < 4.78 is 17.4. The van der Waals surface area contributed by atoms with Crippen LogP contribution in [0.1, 0.15) is 42.6 Å². The largest absolute Gasteiger partial charge is 0.469 e. The first kappa shape index (κ1) is 29.7. The van der Waals surface area contributed by atoms with Gasteiger partial charge in [-0.3, -0.25) is 14.4 Å². The molecule has 3 N–H and O–H groups in total. The average molecular weight is 527 g/mol. The minimum Gasteiger partial charge on any atom is -0.469 e. The fraction of sp³-hybridized carbons (Fsp3) is 0.276. The zero-order valence-electron chi connectivity index (χ0n) is 21.2. The number of ether oxygens (including phenoxy) is 1. The second-order valence-electron chi connectivity index (χ2n) is 9.11. The quantitative estimate of drug-likeness (QED) is 0.292. The van der Waals surface area contributed by atoms with Crippen LogP contribution in [0.2, 0.25) is 0 Å². The first-order valence-corrected chi connectivity index (χ1v) is 12.1. The smallest absolute Gasteiger partial charge is 0.305 e. The number of nitrogens with one attached hydrogen (secondary N) is 1. The second kappa shape index (κ2) is 14.3. The molecule has 0 bridgehead atoms. The topological polar surface area (TPSA) is 98.5 Å². The van der Waals surface area contributed by atoms with E-state index in [-0.39, 0.29) is 24.6 Å². The Morgan fingerprint density at radius 2 is 1.51 bits per heavy atom. The van der Waals surface area contributed by atoms with Gasteiger partial charge in [-0.15, -0.1) is 0 Å². The second-order valence-corrected chi connectivity index (χ2v) is 9.46. The highest BCUT2D eigenvalue weighted by molar-refractivity contribution is 6.67. The number of hydrogen-bond donors (Lipinski definition) is 2. The van der Waals surface area contributed by atoms with Gasteiger partial charge < -0.3 is 15.8 Å². The van der Waals surface area contributed by atoms with Crippen molar-refractivity contribution in [2.24, 2.45) is 5.73 Å². The Bertz CT molecular complexity index is 1170. The third-order valence-corrected chi connectivity index (χ3v) is 5.68. The molecule has 196 valence electrons. The molecule has 3 aromatic rings. The molecular formula is C29H32ClFN2O4. The van der Waals surface area contributed by atoms with Gasteiger partial charge in [-0.2, -0.15) is 0 Å². The van der Waals surface area contributed by atoms with Crippen LogP contribution in [0.15, 0.2) is 78.9 Å². The van der Waals surface area contributed by atoms with Crippen LogP contribution in [0.5, 0.6) is 0 Å². The summed E-state index contributed by atoms with van der Waals surface area (Å²) in [7, 11) is 1.29. The van der Waals surface area contributed by atoms with E-state index in [4.69, 9.17) is 17.3 Å². The predicted octanol–water partition coefficient (Wildman–Crippen LogP) is 5.28. The maximum Gasteiger partial charge on any atom is 0.305 e. The molecule has 1 atom stereocenters. The Morgan fingerprint density at radius 1 is 0.946 bits per heavy atom. The molecule has 0 fully saturated rings. The molecule has 0 aliphatic carbocycles. The van der Waals surface area contributed by atoms with Gasteiger partial charge in [-0.25, -0.2) is 4.39 Å². The lowest BCUT2D eigenvalue weighted by atomic mass is 9.94. The van der Waals surface area contributed by atoms with Crippen LogP contribution >= 0.6 is 11.6 Å². The molecule has 0 aliphatic heterocycles. The van der Waals surface area contributed by atoms with Crippen molar-refractivity contribution in [3.63, 3.8) is 0 Å². The summed E-state index contributed by atoms with van der Waals surface area (Å²) >= 11 is 5.36. The van der Waals surface area contributed by atoms with Crippen LogP contribution in [0.3, 0.4) is 0 Å². The predicted molar refractivity (Wildman–Crippen MR) is 144 cm³/mol. The summed E-state index contributed by atoms with van der Waals surface area (Å²) in [5.74, 6) is -1.01. The van der Waals surface area contributed by atoms with Gasteiger partial charge in [-0.1, -0.05) is 54.6 Å². The lowest BCUT2D eigenvalue weighted by Gasteiger charge is -2.28. The number of nitrogens with two attached hydrogens (primary N) is 1. The van der Waals surface area contributed by atoms with E-state index < -0.39 is 22.8 Å². The van der Waals surface area contributed by atoms with Gasteiger partial charge >= 0.3 is 5.97 Å². The zero-order chi connectivity index (χ0) is 27.4. The highest BCUT2D eigenvalue weighted by Crippen LogP contribution is 2.19. The summed E-state index contributed by atoms with van der Waals surface area (Å²) in [4.78, 5) is 34.0. The summed E-state index contributed by atoms with van der Waals surface area (Å²) in [5.41, 5.74) is 8.89. The van der Waals surface area contributed by atoms with Crippen molar-refractivity contribution in [2.45, 2.75) is 44.7 Å². The summed E-state index contributed by atoms with van der Waals surface area (Å²) in [6, 6.07) is 22.6. The van der Waals surface area contributed by atoms with Gasteiger partial charge in [0.25, 0.3) is 5.24 Å². The number of esters is 1. The van der Waals surface area contributed by atoms with Gasteiger partial charge in [-0.05, 0) is 79.2 Å². The van der Waals surface area contributed by atoms with Gasteiger partial charge in [0.1, 0.15) is 5.82 Å². The van der Waals surface area contributed by atoms with Crippen molar-refractivity contribution in [1.82, 2.24) is 5.32 Å². The first-order valence-electron chi connectivity index (χ1n) is 11.7. The molecule has 8 heteroatoms. The molecule has 0 saturated carbocycles. The minimum absolute atomic E-state index is 0.101. The zero-order valence-corrected chi connectivity index (χ0v) is 21.9. The van der Waals surface area contributed by atoms with E-state index in [2.05, 4.69) is 10.1 Å². The Morgan fingerprint density at radius 3 is 2.05 bits per heavy atom. The number of amides is 1. The number of hydrogen-bond acceptors (Lipinski definition) is 5. The molecule has 0 saturated heterocycles. The highest BCUT2D eigenvalue weighted by atomic mass is 35.5. The van der Waals surface area contributed by atoms with Crippen molar-refractivity contribution in [2.75, 3.05) is 7.11 Å². The fourth-order valence-electron chi connectivity index (χ4n) is 3.51. The van der Waals surface area contributed by atoms with Crippen LogP contribution < -0.4 is 11.1 Å². The molecular weight excluding hydrogens is 495 g/mol. The van der Waals surface area contributed by atoms with E-state index >= 15 is 0 Å². The number of methoxy groups -OCH3 is 1. The molecule has 6 nitrogen and oxygen atoms in total. The number of halogens is 2. The summed E-state index contributed by atoms with van der Waals surface area (Å²) in [5, 5.41) is 2.43. The lowest BCUT2D eigenvalue weighted by Crippen LogP contribution is -2.51. The SMILES string of the molecule is COC(=O)CC[C@H](N)C(=O)NC(C)(C)Cc1ccc(F)cc1.O=C(Cl)c1ccc(-c2ccccc2)cc1. The van der Waals surface area contributed by atoms with Crippen LogP contribution in [0.4, 0.5) is 4.39 Å². The maximum atomic E-state index is 12.9. The van der Waals surface area contributed by atoms with Crippen LogP contribution in [-0.4, -0.2) is 35.8 Å². The molecule has 1 amide bonds. The van der Waals surface area contributed by atoms with Gasteiger partial charge in [0.2, 0.25) is 5.91 Å². The molecule has 3 aromatic carbocycles. The average Bonchev–Trinajstić information content (AvgIpc) is 2.88. The molecule has 0 aromatic heterocycles. The maximum absolute atomic E-state index is 12.9. The van der Waals surface area contributed by atoms with E-state index in [1.807, 2.05) is 56.3 Å². The van der Waals surface area contributed by atoms with Crippen LogP contribution in [0, 0.1) is 5.82 Å². The summed E-state index contributed by atoms with van der Waals surface area (Å²) in [6.45, 7) is 3.72. The van der Waals surface area contributed by atoms with Gasteiger partial charge in [0.15, 0.2) is 0 Å². The van der Waals surface area contributed by atoms with Crippen molar-refractivity contribution in [3.05, 3.63) is 95.8 Å². The number of benzene rings is 3. The Hall–Kier alpha value is -3.55. The number of carbonyl (C=O) groups is 3. The third-order valence-electron chi connectivity index (χ3n) is 5.46. The minimum atomic E-state index is -0.772. The standard InChI is InChI=1S/C16H23FN2O3.C13H9ClO/c1-16(2,10-11-4-6-12(17)7-5-11)19-15(21)13(18)8-9-14(20)22-3;14-13(15)12-8-6-11(7-9-12)10-4-2-1-3-5-10/h4-7,13H,8-10,18H2,1-3H3,(H,19,21);1-9H/t13-;/m0./s1. The Balaban J connectivity index is 0.000000278. The molecule has 0 spiro atoms. The van der Waals surface area contributed by atoms with Crippen molar-refractivity contribution < 1.29 is 23.5 Å². The summed E-state index contributed by atoms with van der Waals surface area (Å²) in [6.07, 6.45) is 0.872. The van der Waals surface area contributed by atoms with E-state index in [9.17, 15) is 18.8 Å². The van der Waals surface area contributed by atoms with Crippen molar-refractivity contribution in [3.8, 4) is 11.1 Å². The number of rotatable bonds is 9. The molecule has 37 heavy (non-hydrogen) atoms. The van der Waals surface area contributed by atoms with Crippen molar-refractivity contribution in [1.29, 1.82) is 0 Å². The Labute approximate surface area is 222 Å². The van der Waals surface area contributed by atoms with E-state index in [0.29, 0.717) is 12.0 Å². The monoisotopic (exact) mass is 526 g/mol. The van der Waals surface area contributed by atoms with Gasteiger partial charge in [0, 0.05) is 17.5 Å². The van der Waals surface area contributed by atoms with Crippen LogP contribution in [-0.2, 0) is 20.7 Å². The van der Waals surface area contributed by atoms with E-state index in [1.165, 1.54) is 19.2 Å². The molecule has 0 unspecified atom stereocenters. The highest BCUT2D eigenvalue weighted by Gasteiger charge is 2.24. The fourth-order valence-corrected chi connectivity index (χ4v) is 3.64. The molecule has 0 aliphatic rings. The third kappa shape index (κ3) is 10.5. The van der Waals surface area contributed by atoms with E-state index in [1.54, 1.807) is 24.3 Å². The normalized spacial score (nSPS) is 11.5. The first-order chi connectivity index (χ1) is 17.5. The molecule has 0 heterocycles. The molecule has 3 rings (SSSR count). The van der Waals surface area contributed by atoms with Crippen LogP contribution in [0.25, 0.3) is 11.1 Å². The molecule has 0 radical (unpaired) electrons. The lowest BCUT2D eigenvalue weighted by molar-refractivity contribution is -0.140. The van der Waals surface area contributed by atoms with Crippen molar-refractivity contribution >= 4 is 28.7 Å².